The lowest BCUT2D eigenvalue weighted by molar-refractivity contribution is 0.924. The summed E-state index contributed by atoms with van der Waals surface area (Å²) in [4.78, 5) is 7.62. The Morgan fingerprint density at radius 1 is 1.50 bits per heavy atom. The van der Waals surface area contributed by atoms with Gasteiger partial charge in [0.15, 0.2) is 0 Å². The number of para-hydroxylation sites is 2. The van der Waals surface area contributed by atoms with Gasteiger partial charge in [0.2, 0.25) is 5.70 Å². The van der Waals surface area contributed by atoms with Crippen LogP contribution in [0.5, 0.6) is 0 Å². The third kappa shape index (κ3) is 1.09. The Morgan fingerprint density at radius 3 is 2.86 bits per heavy atom. The minimum Gasteiger partial charge on any atom is -0.337 e. The molecule has 0 aliphatic carbocycles. The van der Waals surface area contributed by atoms with Crippen LogP contribution < -0.4 is 0 Å². The molecular formula is C11H9N3. The number of benzene rings is 1. The van der Waals surface area contributed by atoms with E-state index >= 15 is 0 Å². The summed E-state index contributed by atoms with van der Waals surface area (Å²) in [6, 6.07) is 7.78. The van der Waals surface area contributed by atoms with E-state index in [1.54, 1.807) is 0 Å². The molecule has 2 aromatic rings. The molecule has 2 rings (SSSR count). The van der Waals surface area contributed by atoms with Crippen molar-refractivity contribution in [2.24, 2.45) is 7.05 Å². The molecule has 0 unspecified atom stereocenters. The number of aryl methyl sites for hydroxylation is 1. The minimum atomic E-state index is 0.378. The van der Waals surface area contributed by atoms with Crippen LogP contribution in [0.2, 0.25) is 0 Å². The van der Waals surface area contributed by atoms with Gasteiger partial charge in [0.1, 0.15) is 5.82 Å². The third-order valence-corrected chi connectivity index (χ3v) is 2.18. The van der Waals surface area contributed by atoms with Crippen LogP contribution in [0.3, 0.4) is 0 Å². The minimum absolute atomic E-state index is 0.378. The number of nitrogens with zero attached hydrogens (tertiary/aromatic N) is 3. The van der Waals surface area contributed by atoms with Crippen molar-refractivity contribution in [3.63, 3.8) is 0 Å². The highest BCUT2D eigenvalue weighted by atomic mass is 15.1. The molecule has 1 aromatic heterocycles. The van der Waals surface area contributed by atoms with Crippen molar-refractivity contribution in [3.05, 3.63) is 48.1 Å². The van der Waals surface area contributed by atoms with Crippen molar-refractivity contribution in [1.82, 2.24) is 9.55 Å². The van der Waals surface area contributed by atoms with Gasteiger partial charge in [0.05, 0.1) is 17.6 Å². The number of fused-ring (bicyclic) bond motifs is 1. The molecule has 0 fully saturated rings. The predicted octanol–water partition coefficient (Wildman–Crippen LogP) is 2.46. The van der Waals surface area contributed by atoms with Gasteiger partial charge in [0.25, 0.3) is 0 Å². The zero-order valence-electron chi connectivity index (χ0n) is 7.86. The first kappa shape index (κ1) is 8.52. The van der Waals surface area contributed by atoms with E-state index in [0.29, 0.717) is 11.5 Å². The molecule has 0 aliphatic rings. The number of hydrogen-bond donors (Lipinski definition) is 0. The highest BCUT2D eigenvalue weighted by Gasteiger charge is 2.09. The van der Waals surface area contributed by atoms with Crippen molar-refractivity contribution in [2.45, 2.75) is 0 Å². The van der Waals surface area contributed by atoms with E-state index < -0.39 is 0 Å². The maximum Gasteiger partial charge on any atom is 0.221 e. The first-order valence-corrected chi connectivity index (χ1v) is 4.22. The van der Waals surface area contributed by atoms with Crippen LogP contribution in [0.4, 0.5) is 0 Å². The van der Waals surface area contributed by atoms with E-state index in [0.717, 1.165) is 11.0 Å². The van der Waals surface area contributed by atoms with Crippen molar-refractivity contribution in [1.29, 1.82) is 0 Å². The van der Waals surface area contributed by atoms with Crippen molar-refractivity contribution < 1.29 is 0 Å². The van der Waals surface area contributed by atoms with Gasteiger partial charge in [-0.25, -0.2) is 9.83 Å². The Bertz CT molecular complexity index is 543. The normalized spacial score (nSPS) is 10.0. The Balaban J connectivity index is 2.76. The molecule has 0 aliphatic heterocycles. The van der Waals surface area contributed by atoms with Crippen molar-refractivity contribution >= 4 is 16.7 Å². The highest BCUT2D eigenvalue weighted by molar-refractivity contribution is 5.80. The quantitative estimate of drug-likeness (QED) is 0.622. The molecule has 68 valence electrons. The smallest absolute Gasteiger partial charge is 0.221 e. The van der Waals surface area contributed by atoms with Crippen LogP contribution in [0, 0.1) is 6.57 Å². The fraction of sp³-hybridized carbons (Fsp3) is 0.0909. The Morgan fingerprint density at radius 2 is 2.21 bits per heavy atom. The second kappa shape index (κ2) is 3.00. The topological polar surface area (TPSA) is 22.2 Å². The average molecular weight is 183 g/mol. The molecule has 0 atom stereocenters. The van der Waals surface area contributed by atoms with Crippen LogP contribution in [-0.4, -0.2) is 9.55 Å². The predicted molar refractivity (Wildman–Crippen MR) is 56.4 cm³/mol. The first-order chi connectivity index (χ1) is 6.74. The molecule has 1 aromatic carbocycles. The van der Waals surface area contributed by atoms with Gasteiger partial charge in [-0.1, -0.05) is 18.7 Å². The van der Waals surface area contributed by atoms with Crippen LogP contribution in [-0.2, 0) is 7.05 Å². The Kier molecular flexibility index (Phi) is 1.83. The summed E-state index contributed by atoms with van der Waals surface area (Å²) >= 11 is 0. The van der Waals surface area contributed by atoms with Gasteiger partial charge >= 0.3 is 0 Å². The second-order valence-electron chi connectivity index (χ2n) is 3.04. The summed E-state index contributed by atoms with van der Waals surface area (Å²) < 4.78 is 1.88. The second-order valence-corrected chi connectivity index (χ2v) is 3.04. The Labute approximate surface area is 82.1 Å². The lowest BCUT2D eigenvalue weighted by atomic mass is 10.3. The summed E-state index contributed by atoms with van der Waals surface area (Å²) in [7, 11) is 1.89. The lowest BCUT2D eigenvalue weighted by Crippen LogP contribution is -1.93. The molecule has 1 heterocycles. The summed E-state index contributed by atoms with van der Waals surface area (Å²) in [6.45, 7) is 10.6. The highest BCUT2D eigenvalue weighted by Crippen LogP contribution is 2.19. The standard InChI is InChI=1S/C11H9N3/c1-8(12-2)11-13-9-6-4-5-7-10(9)14(11)3/h4-7H,1H2,3H3. The third-order valence-electron chi connectivity index (χ3n) is 2.18. The summed E-state index contributed by atoms with van der Waals surface area (Å²) in [5.41, 5.74) is 2.30. The van der Waals surface area contributed by atoms with E-state index in [2.05, 4.69) is 16.4 Å². The molecular weight excluding hydrogens is 174 g/mol. The number of rotatable bonds is 1. The average Bonchev–Trinajstić information content (AvgIpc) is 2.56. The van der Waals surface area contributed by atoms with Crippen LogP contribution >= 0.6 is 0 Å². The largest absolute Gasteiger partial charge is 0.337 e. The number of hydrogen-bond acceptors (Lipinski definition) is 1. The van der Waals surface area contributed by atoms with E-state index in [1.807, 2.05) is 35.9 Å². The molecule has 3 heteroatoms. The molecule has 0 amide bonds. The molecule has 0 spiro atoms. The van der Waals surface area contributed by atoms with E-state index in [9.17, 15) is 0 Å². The summed E-state index contributed by atoms with van der Waals surface area (Å²) in [6.07, 6.45) is 0. The molecule has 3 nitrogen and oxygen atoms in total. The monoisotopic (exact) mass is 183 g/mol. The van der Waals surface area contributed by atoms with Crippen molar-refractivity contribution in [2.75, 3.05) is 0 Å². The summed E-state index contributed by atoms with van der Waals surface area (Å²) in [5, 5.41) is 0. The lowest BCUT2D eigenvalue weighted by Gasteiger charge is -1.97. The van der Waals surface area contributed by atoms with Gasteiger partial charge in [-0.3, -0.25) is 0 Å². The summed E-state index contributed by atoms with van der Waals surface area (Å²) in [5.74, 6) is 0.640. The SMILES string of the molecule is [C-]#[N+]C(=C)c1nc2ccccc2n1C. The molecule has 0 bridgehead atoms. The van der Waals surface area contributed by atoms with E-state index in [-0.39, 0.29) is 0 Å². The van der Waals surface area contributed by atoms with Gasteiger partial charge in [0, 0.05) is 7.05 Å². The van der Waals surface area contributed by atoms with Crippen LogP contribution in [0.1, 0.15) is 5.82 Å². The molecule has 14 heavy (non-hydrogen) atoms. The number of imidazole rings is 1. The fourth-order valence-electron chi connectivity index (χ4n) is 1.45. The molecule has 0 N–H and O–H groups in total. The van der Waals surface area contributed by atoms with Gasteiger partial charge in [-0.2, -0.15) is 0 Å². The Hall–Kier alpha value is -2.08. The molecule has 0 saturated heterocycles. The van der Waals surface area contributed by atoms with Crippen LogP contribution in [0.15, 0.2) is 30.8 Å². The zero-order valence-corrected chi connectivity index (χ0v) is 7.86. The van der Waals surface area contributed by atoms with Gasteiger partial charge < -0.3 is 4.57 Å². The van der Waals surface area contributed by atoms with Crippen molar-refractivity contribution in [3.8, 4) is 0 Å². The fourth-order valence-corrected chi connectivity index (χ4v) is 1.45. The van der Waals surface area contributed by atoms with Gasteiger partial charge in [-0.15, -0.1) is 0 Å². The van der Waals surface area contributed by atoms with E-state index in [1.165, 1.54) is 0 Å². The maximum atomic E-state index is 6.89. The van der Waals surface area contributed by atoms with E-state index in [4.69, 9.17) is 6.57 Å². The maximum absolute atomic E-state index is 6.89. The zero-order chi connectivity index (χ0) is 10.1. The number of aromatic nitrogens is 2. The molecule has 0 saturated carbocycles. The molecule has 0 radical (unpaired) electrons. The first-order valence-electron chi connectivity index (χ1n) is 4.22. The van der Waals surface area contributed by atoms with Gasteiger partial charge in [-0.05, 0) is 12.1 Å². The van der Waals surface area contributed by atoms with Crippen LogP contribution in [0.25, 0.3) is 21.6 Å².